The third-order valence-electron chi connectivity index (χ3n) is 5.45. The molecule has 0 atom stereocenters. The Hall–Kier alpha value is -4.48. The summed E-state index contributed by atoms with van der Waals surface area (Å²) in [7, 11) is 3.74. The van der Waals surface area contributed by atoms with Gasteiger partial charge in [-0.1, -0.05) is 18.1 Å². The fourth-order valence-corrected chi connectivity index (χ4v) is 3.36. The molecule has 4 aromatic rings. The van der Waals surface area contributed by atoms with Crippen molar-refractivity contribution in [3.05, 3.63) is 108 Å². The zero-order chi connectivity index (χ0) is 27.0. The zero-order valence-corrected chi connectivity index (χ0v) is 21.4. The fraction of sp³-hybridized carbons (Fsp3) is 0.233. The predicted molar refractivity (Wildman–Crippen MR) is 143 cm³/mol. The van der Waals surface area contributed by atoms with Crippen molar-refractivity contribution in [1.82, 2.24) is 15.1 Å². The van der Waals surface area contributed by atoms with Gasteiger partial charge in [-0.3, -0.25) is 4.79 Å². The van der Waals surface area contributed by atoms with Gasteiger partial charge in [-0.25, -0.2) is 4.39 Å². The first kappa shape index (κ1) is 28.1. The van der Waals surface area contributed by atoms with Crippen molar-refractivity contribution in [3.63, 3.8) is 0 Å². The number of methoxy groups -OCH3 is 1. The molecule has 1 aliphatic heterocycles. The summed E-state index contributed by atoms with van der Waals surface area (Å²) in [6.07, 6.45) is 5.87. The van der Waals surface area contributed by atoms with Crippen molar-refractivity contribution < 1.29 is 23.1 Å². The van der Waals surface area contributed by atoms with Crippen LogP contribution in [0.1, 0.15) is 34.7 Å². The zero-order valence-electron chi connectivity index (χ0n) is 21.4. The van der Waals surface area contributed by atoms with E-state index in [1.807, 2.05) is 36.4 Å². The first-order chi connectivity index (χ1) is 18.6. The molecule has 1 fully saturated rings. The minimum Gasteiger partial charge on any atom is -0.497 e. The van der Waals surface area contributed by atoms with Crippen molar-refractivity contribution in [1.29, 1.82) is 0 Å². The highest BCUT2D eigenvalue weighted by molar-refractivity contribution is 5.69. The van der Waals surface area contributed by atoms with Crippen LogP contribution in [-0.4, -0.2) is 54.7 Å². The minimum absolute atomic E-state index is 0.165. The van der Waals surface area contributed by atoms with Gasteiger partial charge in [-0.15, -0.1) is 5.10 Å². The van der Waals surface area contributed by atoms with Crippen LogP contribution in [0.5, 0.6) is 11.5 Å². The number of halogens is 1. The van der Waals surface area contributed by atoms with Crippen LogP contribution in [-0.2, 0) is 0 Å². The third kappa shape index (κ3) is 9.88. The molecule has 0 radical (unpaired) electrons. The predicted octanol–water partition coefficient (Wildman–Crippen LogP) is 5.28. The average molecular weight is 516 g/mol. The summed E-state index contributed by atoms with van der Waals surface area (Å²) < 4.78 is 28.6. The molecule has 1 saturated heterocycles. The number of carbonyl (C=O) groups is 1. The Morgan fingerprint density at radius 1 is 1.00 bits per heavy atom. The van der Waals surface area contributed by atoms with E-state index in [0.29, 0.717) is 23.5 Å². The lowest BCUT2D eigenvalue weighted by Gasteiger charge is -2.29. The van der Waals surface area contributed by atoms with Gasteiger partial charge >= 0.3 is 0 Å². The van der Waals surface area contributed by atoms with Gasteiger partial charge in [0.1, 0.15) is 17.5 Å². The Morgan fingerprint density at radius 2 is 1.76 bits per heavy atom. The lowest BCUT2D eigenvalue weighted by atomic mass is 10.1. The number of carbonyl (C=O) groups excluding carboxylic acids is 1. The molecular weight excluding hydrogens is 485 g/mol. The molecule has 0 N–H and O–H groups in total. The van der Waals surface area contributed by atoms with Gasteiger partial charge in [0.2, 0.25) is 0 Å². The lowest BCUT2D eigenvalue weighted by molar-refractivity contribution is 0.109. The van der Waals surface area contributed by atoms with Crippen molar-refractivity contribution in [2.45, 2.75) is 18.9 Å². The molecule has 0 spiro atoms. The summed E-state index contributed by atoms with van der Waals surface area (Å²) in [6, 6.07) is 21.1. The maximum Gasteiger partial charge on any atom is 0.185 e. The van der Waals surface area contributed by atoms with Gasteiger partial charge in [0, 0.05) is 24.8 Å². The van der Waals surface area contributed by atoms with E-state index in [0.717, 1.165) is 37.2 Å². The summed E-state index contributed by atoms with van der Waals surface area (Å²) in [5, 5.41) is 7.63. The molecule has 7 nitrogen and oxygen atoms in total. The van der Waals surface area contributed by atoms with Gasteiger partial charge in [0.15, 0.2) is 23.6 Å². The van der Waals surface area contributed by atoms with E-state index in [4.69, 9.17) is 9.47 Å². The highest BCUT2D eigenvalue weighted by atomic mass is 19.1. The number of hydrogen-bond acceptors (Lipinski definition) is 7. The number of para-hydroxylation sites is 1. The third-order valence-corrected chi connectivity index (χ3v) is 5.45. The van der Waals surface area contributed by atoms with E-state index in [9.17, 15) is 9.18 Å². The van der Waals surface area contributed by atoms with E-state index in [1.54, 1.807) is 43.6 Å². The van der Waals surface area contributed by atoms with Crippen LogP contribution in [0.4, 0.5) is 4.39 Å². The van der Waals surface area contributed by atoms with Gasteiger partial charge in [0.05, 0.1) is 13.4 Å². The molecule has 0 unspecified atom stereocenters. The second-order valence-corrected chi connectivity index (χ2v) is 8.27. The Bertz CT molecular complexity index is 1280. The smallest absolute Gasteiger partial charge is 0.185 e. The number of nitrogens with zero attached hydrogens (tertiary/aromatic N) is 3. The molecule has 0 aliphatic carbocycles. The first-order valence-corrected chi connectivity index (χ1v) is 12.1. The Balaban J connectivity index is 0.000000169. The maximum absolute atomic E-state index is 13.3. The van der Waals surface area contributed by atoms with Crippen LogP contribution in [0.3, 0.4) is 0 Å². The summed E-state index contributed by atoms with van der Waals surface area (Å²) in [5.74, 6) is 7.25. The van der Waals surface area contributed by atoms with Gasteiger partial charge in [0.25, 0.3) is 0 Å². The van der Waals surface area contributed by atoms with E-state index in [1.165, 1.54) is 12.3 Å². The number of likely N-dealkylation sites (tertiary alicyclic amines) is 1. The van der Waals surface area contributed by atoms with E-state index < -0.39 is 0 Å². The van der Waals surface area contributed by atoms with Crippen LogP contribution >= 0.6 is 0 Å². The largest absolute Gasteiger partial charge is 0.497 e. The van der Waals surface area contributed by atoms with Crippen molar-refractivity contribution in [3.8, 4) is 23.3 Å². The number of piperidine rings is 1. The quantitative estimate of drug-likeness (QED) is 0.270. The molecular formula is C30H30FN3O4. The molecule has 5 rings (SSSR count). The monoisotopic (exact) mass is 515 g/mol. The van der Waals surface area contributed by atoms with E-state index in [2.05, 4.69) is 38.4 Å². The van der Waals surface area contributed by atoms with Crippen LogP contribution in [0.2, 0.25) is 0 Å². The van der Waals surface area contributed by atoms with Crippen molar-refractivity contribution >= 4 is 6.29 Å². The highest BCUT2D eigenvalue weighted by Gasteiger charge is 2.18. The average Bonchev–Trinajstić information content (AvgIpc) is 3.50. The number of furan rings is 1. The molecule has 0 saturated carbocycles. The Morgan fingerprint density at radius 3 is 2.34 bits per heavy atom. The lowest BCUT2D eigenvalue weighted by Crippen LogP contribution is -2.35. The fourth-order valence-electron chi connectivity index (χ4n) is 3.36. The van der Waals surface area contributed by atoms with Crippen LogP contribution in [0.15, 0.2) is 89.7 Å². The molecule has 2 aromatic heterocycles. The Kier molecular flexibility index (Phi) is 11.5. The van der Waals surface area contributed by atoms with Gasteiger partial charge in [-0.05, 0) is 86.5 Å². The maximum atomic E-state index is 13.3. The molecule has 38 heavy (non-hydrogen) atoms. The van der Waals surface area contributed by atoms with Gasteiger partial charge in [-0.2, -0.15) is 5.10 Å². The topological polar surface area (TPSA) is 77.7 Å². The standard InChI is InChI=1S/C13H10N2O.C12H16FNO.C5H4O2/c1-16-13-8-5-11(6-9-13)4-7-12-3-2-10-14-15-12;1-14-8-6-10(7-9-14)15-12-5-3-2-4-11(12)13;6-4-5-2-1-3-7-5/h2-3,5-6,8-10H,1H3;2-5,10H,6-9H2,1H3;1-4H. The summed E-state index contributed by atoms with van der Waals surface area (Å²) in [5.41, 5.74) is 1.59. The van der Waals surface area contributed by atoms with Crippen LogP contribution in [0.25, 0.3) is 0 Å². The normalized spacial score (nSPS) is 12.9. The minimum atomic E-state index is -0.267. The Labute approximate surface area is 222 Å². The number of ether oxygens (including phenoxy) is 2. The van der Waals surface area contributed by atoms with Crippen molar-refractivity contribution in [2.75, 3.05) is 27.2 Å². The summed E-state index contributed by atoms with van der Waals surface area (Å²) >= 11 is 0. The number of aldehydes is 1. The van der Waals surface area contributed by atoms with Crippen LogP contribution < -0.4 is 9.47 Å². The van der Waals surface area contributed by atoms with Crippen molar-refractivity contribution in [2.24, 2.45) is 0 Å². The van der Waals surface area contributed by atoms with E-state index in [-0.39, 0.29) is 11.9 Å². The number of rotatable bonds is 4. The van der Waals surface area contributed by atoms with Crippen LogP contribution in [0, 0.1) is 17.7 Å². The number of hydrogen-bond donors (Lipinski definition) is 0. The molecule has 0 bridgehead atoms. The number of benzene rings is 2. The van der Waals surface area contributed by atoms with E-state index >= 15 is 0 Å². The summed E-state index contributed by atoms with van der Waals surface area (Å²) in [6.45, 7) is 2.05. The first-order valence-electron chi connectivity index (χ1n) is 12.1. The SMILES string of the molecule is CN1CCC(Oc2ccccc2F)CC1.COc1ccc(C#Cc2cccnn2)cc1.O=Cc1ccco1. The van der Waals surface area contributed by atoms with Gasteiger partial charge < -0.3 is 18.8 Å². The second kappa shape index (κ2) is 15.6. The summed E-state index contributed by atoms with van der Waals surface area (Å²) in [4.78, 5) is 12.0. The molecule has 2 aromatic carbocycles. The molecule has 8 heteroatoms. The molecule has 1 aliphatic rings. The molecule has 196 valence electrons. The number of aromatic nitrogens is 2. The second-order valence-electron chi connectivity index (χ2n) is 8.27. The molecule has 0 amide bonds. The molecule has 3 heterocycles. The highest BCUT2D eigenvalue weighted by Crippen LogP contribution is 2.21.